The van der Waals surface area contributed by atoms with E-state index < -0.39 is 0 Å². The lowest BCUT2D eigenvalue weighted by Crippen LogP contribution is -2.36. The molecule has 1 aliphatic rings. The number of hydrogen-bond acceptors (Lipinski definition) is 4. The van der Waals surface area contributed by atoms with Crippen LogP contribution in [0, 0.1) is 13.8 Å². The van der Waals surface area contributed by atoms with Gasteiger partial charge in [0, 0.05) is 31.4 Å². The highest BCUT2D eigenvalue weighted by molar-refractivity contribution is 5.85. The highest BCUT2D eigenvalue weighted by Crippen LogP contribution is 2.23. The third kappa shape index (κ3) is 4.47. The fraction of sp³-hybridized carbons (Fsp3) is 0.526. The average Bonchev–Trinajstić information content (AvgIpc) is 2.89. The predicted molar refractivity (Wildman–Crippen MR) is 106 cm³/mol. The van der Waals surface area contributed by atoms with Crippen LogP contribution in [0.2, 0.25) is 0 Å². The van der Waals surface area contributed by atoms with Crippen LogP contribution in [-0.4, -0.2) is 36.1 Å². The topological polar surface area (TPSA) is 42.3 Å². The Morgan fingerprint density at radius 1 is 1.12 bits per heavy atom. The number of ether oxygens (including phenoxy) is 1. The molecule has 0 atom stereocenters. The molecule has 138 valence electrons. The minimum atomic E-state index is 0. The molecule has 1 saturated heterocycles. The van der Waals surface area contributed by atoms with Crippen LogP contribution >= 0.6 is 12.4 Å². The molecule has 0 aliphatic carbocycles. The van der Waals surface area contributed by atoms with Crippen LogP contribution in [0.1, 0.15) is 36.8 Å². The van der Waals surface area contributed by atoms with E-state index >= 15 is 0 Å². The molecule has 0 radical (unpaired) electrons. The van der Waals surface area contributed by atoms with E-state index in [0.29, 0.717) is 6.04 Å². The Morgan fingerprint density at radius 2 is 1.76 bits per heavy atom. The van der Waals surface area contributed by atoms with Gasteiger partial charge in [0.15, 0.2) is 0 Å². The molecule has 0 spiro atoms. The monoisotopic (exact) mass is 364 g/mol. The zero-order valence-electron chi connectivity index (χ0n) is 15.6. The molecule has 1 fully saturated rings. The van der Waals surface area contributed by atoms with Crippen LogP contribution in [0.5, 0.6) is 0 Å². The lowest BCUT2D eigenvalue weighted by molar-refractivity contribution is 0.122. The van der Waals surface area contributed by atoms with Gasteiger partial charge in [0.25, 0.3) is 0 Å². The summed E-state index contributed by atoms with van der Waals surface area (Å²) in [4.78, 5) is 2.38. The largest absolute Gasteiger partial charge is 0.378 e. The molecule has 0 amide bonds. The maximum Gasteiger partial charge on any atom is 0.0828 e. The number of anilines is 2. The number of halogens is 1. The molecule has 3 rings (SSSR count). The molecule has 6 heteroatoms. The van der Waals surface area contributed by atoms with E-state index in [9.17, 15) is 0 Å². The van der Waals surface area contributed by atoms with Gasteiger partial charge in [-0.1, -0.05) is 12.1 Å². The summed E-state index contributed by atoms with van der Waals surface area (Å²) in [5, 5.41) is 8.19. The van der Waals surface area contributed by atoms with E-state index in [0.717, 1.165) is 44.2 Å². The summed E-state index contributed by atoms with van der Waals surface area (Å²) in [5.41, 5.74) is 5.98. The van der Waals surface area contributed by atoms with Gasteiger partial charge in [-0.25, -0.2) is 0 Å². The lowest BCUT2D eigenvalue weighted by atomic mass is 10.1. The molecule has 0 saturated carbocycles. The summed E-state index contributed by atoms with van der Waals surface area (Å²) in [6.45, 7) is 12.9. The number of morpholine rings is 1. The van der Waals surface area contributed by atoms with E-state index in [-0.39, 0.29) is 12.4 Å². The Kier molecular flexibility index (Phi) is 6.73. The molecular formula is C19H29ClN4O. The molecule has 2 aromatic rings. The number of aromatic nitrogens is 2. The van der Waals surface area contributed by atoms with Crippen molar-refractivity contribution in [3.63, 3.8) is 0 Å². The smallest absolute Gasteiger partial charge is 0.0828 e. The Balaban J connectivity index is 0.00000225. The van der Waals surface area contributed by atoms with Crippen molar-refractivity contribution >= 4 is 23.8 Å². The molecule has 25 heavy (non-hydrogen) atoms. The maximum absolute atomic E-state index is 5.41. The van der Waals surface area contributed by atoms with Gasteiger partial charge in [0.1, 0.15) is 0 Å². The second kappa shape index (κ2) is 8.59. The zero-order chi connectivity index (χ0) is 17.1. The van der Waals surface area contributed by atoms with Crippen molar-refractivity contribution in [1.82, 2.24) is 9.78 Å². The molecular weight excluding hydrogens is 336 g/mol. The second-order valence-electron chi connectivity index (χ2n) is 6.70. The Labute approximate surface area is 156 Å². The van der Waals surface area contributed by atoms with Crippen molar-refractivity contribution in [2.75, 3.05) is 36.5 Å². The minimum Gasteiger partial charge on any atom is -0.378 e. The zero-order valence-corrected chi connectivity index (χ0v) is 16.4. The highest BCUT2D eigenvalue weighted by Gasteiger charge is 2.13. The van der Waals surface area contributed by atoms with Crippen molar-refractivity contribution in [2.45, 2.75) is 40.3 Å². The summed E-state index contributed by atoms with van der Waals surface area (Å²) in [6, 6.07) is 9.20. The quantitative estimate of drug-likeness (QED) is 0.872. The van der Waals surface area contributed by atoms with Gasteiger partial charge in [-0.15, -0.1) is 12.4 Å². The molecule has 1 aromatic heterocycles. The summed E-state index contributed by atoms with van der Waals surface area (Å²) in [6.07, 6.45) is 0. The Bertz CT molecular complexity index is 675. The fourth-order valence-electron chi connectivity index (χ4n) is 3.26. The first-order chi connectivity index (χ1) is 11.6. The van der Waals surface area contributed by atoms with E-state index in [1.807, 2.05) is 0 Å². The predicted octanol–water partition coefficient (Wildman–Crippen LogP) is 3.95. The summed E-state index contributed by atoms with van der Waals surface area (Å²) in [7, 11) is 0. The van der Waals surface area contributed by atoms with Crippen molar-refractivity contribution in [3.05, 3.63) is 41.2 Å². The van der Waals surface area contributed by atoms with Crippen molar-refractivity contribution in [1.29, 1.82) is 0 Å². The van der Waals surface area contributed by atoms with E-state index in [1.165, 1.54) is 16.9 Å². The second-order valence-corrected chi connectivity index (χ2v) is 6.70. The van der Waals surface area contributed by atoms with E-state index in [2.05, 4.69) is 72.0 Å². The Morgan fingerprint density at radius 3 is 2.32 bits per heavy atom. The molecule has 1 N–H and O–H groups in total. The third-order valence-corrected chi connectivity index (χ3v) is 4.60. The third-order valence-electron chi connectivity index (χ3n) is 4.60. The van der Waals surface area contributed by atoms with Gasteiger partial charge in [-0.2, -0.15) is 5.10 Å². The molecule has 0 bridgehead atoms. The van der Waals surface area contributed by atoms with Crippen LogP contribution in [0.25, 0.3) is 0 Å². The van der Waals surface area contributed by atoms with Crippen LogP contribution in [-0.2, 0) is 11.3 Å². The SMILES string of the molecule is Cc1nn(C(C)C)c(C)c1NCc1ccc(N2CCOCC2)cc1.Cl. The van der Waals surface area contributed by atoms with Gasteiger partial charge in [-0.3, -0.25) is 4.68 Å². The summed E-state index contributed by atoms with van der Waals surface area (Å²) >= 11 is 0. The first-order valence-electron chi connectivity index (χ1n) is 8.77. The van der Waals surface area contributed by atoms with E-state index in [1.54, 1.807) is 0 Å². The lowest BCUT2D eigenvalue weighted by Gasteiger charge is -2.28. The van der Waals surface area contributed by atoms with Crippen LogP contribution in [0.15, 0.2) is 24.3 Å². The van der Waals surface area contributed by atoms with Crippen molar-refractivity contribution in [2.24, 2.45) is 0 Å². The highest BCUT2D eigenvalue weighted by atomic mass is 35.5. The summed E-state index contributed by atoms with van der Waals surface area (Å²) < 4.78 is 7.50. The van der Waals surface area contributed by atoms with Gasteiger partial charge < -0.3 is 15.0 Å². The van der Waals surface area contributed by atoms with Crippen LogP contribution < -0.4 is 10.2 Å². The first kappa shape index (κ1) is 19.6. The molecule has 1 aliphatic heterocycles. The van der Waals surface area contributed by atoms with Gasteiger partial charge in [-0.05, 0) is 45.4 Å². The maximum atomic E-state index is 5.41. The minimum absolute atomic E-state index is 0. The van der Waals surface area contributed by atoms with E-state index in [4.69, 9.17) is 4.74 Å². The van der Waals surface area contributed by atoms with Gasteiger partial charge in [0.05, 0.1) is 30.3 Å². The number of nitrogens with zero attached hydrogens (tertiary/aromatic N) is 3. The van der Waals surface area contributed by atoms with Crippen LogP contribution in [0.3, 0.4) is 0 Å². The molecule has 1 aromatic carbocycles. The normalized spacial score (nSPS) is 14.5. The van der Waals surface area contributed by atoms with Crippen molar-refractivity contribution in [3.8, 4) is 0 Å². The standard InChI is InChI=1S/C19H28N4O.ClH/c1-14(2)23-16(4)19(15(3)21-23)20-13-17-5-7-18(8-6-17)22-9-11-24-12-10-22;/h5-8,14,20H,9-13H2,1-4H3;1H. The number of aryl methyl sites for hydroxylation is 1. The Hall–Kier alpha value is -1.72. The fourth-order valence-corrected chi connectivity index (χ4v) is 3.26. The molecule has 0 unspecified atom stereocenters. The number of benzene rings is 1. The molecule has 2 heterocycles. The van der Waals surface area contributed by atoms with Gasteiger partial charge >= 0.3 is 0 Å². The number of nitrogens with one attached hydrogen (secondary N) is 1. The van der Waals surface area contributed by atoms with Gasteiger partial charge in [0.2, 0.25) is 0 Å². The van der Waals surface area contributed by atoms with Crippen molar-refractivity contribution < 1.29 is 4.74 Å². The number of rotatable bonds is 5. The van der Waals surface area contributed by atoms with Crippen LogP contribution in [0.4, 0.5) is 11.4 Å². The summed E-state index contributed by atoms with van der Waals surface area (Å²) in [5.74, 6) is 0. The average molecular weight is 365 g/mol. The number of hydrogen-bond donors (Lipinski definition) is 1. The molecule has 5 nitrogen and oxygen atoms in total. The first-order valence-corrected chi connectivity index (χ1v) is 8.77.